The summed E-state index contributed by atoms with van der Waals surface area (Å²) in [6, 6.07) is 11.4. The first-order chi connectivity index (χ1) is 8.19. The number of anilines is 3. The quantitative estimate of drug-likeness (QED) is 0.799. The number of nitrogens with two attached hydrogens (primary N) is 1. The number of methoxy groups -OCH3 is 1. The van der Waals surface area contributed by atoms with E-state index in [1.807, 2.05) is 12.1 Å². The Bertz CT molecular complexity index is 511. The van der Waals surface area contributed by atoms with Gasteiger partial charge in [0.2, 0.25) is 0 Å². The Morgan fingerprint density at radius 2 is 1.82 bits per heavy atom. The lowest BCUT2D eigenvalue weighted by Gasteiger charge is -2.10. The lowest BCUT2D eigenvalue weighted by atomic mass is 10.2. The molecule has 2 aromatic rings. The van der Waals surface area contributed by atoms with Gasteiger partial charge in [-0.05, 0) is 36.4 Å². The minimum atomic E-state index is -0.266. The van der Waals surface area contributed by atoms with E-state index >= 15 is 0 Å². The van der Waals surface area contributed by atoms with E-state index in [-0.39, 0.29) is 5.82 Å². The summed E-state index contributed by atoms with van der Waals surface area (Å²) in [6.45, 7) is 0. The smallest absolute Gasteiger partial charge is 0.123 e. The van der Waals surface area contributed by atoms with Gasteiger partial charge >= 0.3 is 0 Å². The molecule has 3 nitrogen and oxygen atoms in total. The van der Waals surface area contributed by atoms with E-state index in [0.29, 0.717) is 11.4 Å². The second kappa shape index (κ2) is 4.74. The minimum absolute atomic E-state index is 0.266. The van der Waals surface area contributed by atoms with Crippen LogP contribution < -0.4 is 15.8 Å². The molecule has 17 heavy (non-hydrogen) atoms. The Balaban J connectivity index is 2.21. The van der Waals surface area contributed by atoms with Gasteiger partial charge in [-0.3, -0.25) is 0 Å². The topological polar surface area (TPSA) is 47.3 Å². The van der Waals surface area contributed by atoms with Crippen LogP contribution in [0.1, 0.15) is 0 Å². The second-order valence-electron chi connectivity index (χ2n) is 3.59. The molecular weight excluding hydrogens is 219 g/mol. The number of rotatable bonds is 3. The Morgan fingerprint density at radius 3 is 2.41 bits per heavy atom. The predicted octanol–water partition coefficient (Wildman–Crippen LogP) is 3.16. The molecule has 0 aliphatic rings. The highest BCUT2D eigenvalue weighted by molar-refractivity contribution is 5.73. The van der Waals surface area contributed by atoms with Gasteiger partial charge in [-0.15, -0.1) is 0 Å². The van der Waals surface area contributed by atoms with E-state index in [2.05, 4.69) is 5.32 Å². The van der Waals surface area contributed by atoms with Crippen LogP contribution in [0.4, 0.5) is 21.5 Å². The predicted molar refractivity (Wildman–Crippen MR) is 67.1 cm³/mol. The maximum atomic E-state index is 12.7. The van der Waals surface area contributed by atoms with Crippen LogP contribution in [-0.4, -0.2) is 7.11 Å². The normalized spacial score (nSPS) is 10.0. The number of nitrogens with one attached hydrogen (secondary N) is 1. The third-order valence-corrected chi connectivity index (χ3v) is 2.38. The van der Waals surface area contributed by atoms with Crippen molar-refractivity contribution in [2.45, 2.75) is 0 Å². The summed E-state index contributed by atoms with van der Waals surface area (Å²) in [7, 11) is 1.59. The Labute approximate surface area is 99.0 Å². The third kappa shape index (κ3) is 2.66. The average molecular weight is 232 g/mol. The van der Waals surface area contributed by atoms with Crippen molar-refractivity contribution in [2.24, 2.45) is 0 Å². The second-order valence-corrected chi connectivity index (χ2v) is 3.59. The van der Waals surface area contributed by atoms with E-state index in [1.165, 1.54) is 12.1 Å². The van der Waals surface area contributed by atoms with Crippen LogP contribution in [0.5, 0.6) is 5.75 Å². The third-order valence-electron chi connectivity index (χ3n) is 2.38. The van der Waals surface area contributed by atoms with E-state index in [1.54, 1.807) is 25.3 Å². The van der Waals surface area contributed by atoms with Gasteiger partial charge in [0.05, 0.1) is 18.5 Å². The van der Waals surface area contributed by atoms with Gasteiger partial charge in [0.25, 0.3) is 0 Å². The highest BCUT2D eigenvalue weighted by Crippen LogP contribution is 2.27. The van der Waals surface area contributed by atoms with Crippen LogP contribution in [0.25, 0.3) is 0 Å². The summed E-state index contributed by atoms with van der Waals surface area (Å²) < 4.78 is 17.8. The lowest BCUT2D eigenvalue weighted by molar-refractivity contribution is 0.415. The van der Waals surface area contributed by atoms with Gasteiger partial charge < -0.3 is 15.8 Å². The van der Waals surface area contributed by atoms with Gasteiger partial charge in [-0.1, -0.05) is 0 Å². The summed E-state index contributed by atoms with van der Waals surface area (Å²) in [5.74, 6) is 0.436. The molecule has 0 aromatic heterocycles. The first kappa shape index (κ1) is 11.3. The lowest BCUT2D eigenvalue weighted by Crippen LogP contribution is -1.97. The SMILES string of the molecule is COc1ccc(Nc2ccc(F)cc2)c(N)c1. The zero-order valence-corrected chi connectivity index (χ0v) is 9.41. The maximum absolute atomic E-state index is 12.7. The number of hydrogen-bond acceptors (Lipinski definition) is 3. The summed E-state index contributed by atoms with van der Waals surface area (Å²) in [6.07, 6.45) is 0. The Hall–Kier alpha value is -2.23. The fourth-order valence-electron chi connectivity index (χ4n) is 1.47. The molecule has 0 saturated heterocycles. The molecule has 0 heterocycles. The molecule has 0 spiro atoms. The monoisotopic (exact) mass is 232 g/mol. The first-order valence-corrected chi connectivity index (χ1v) is 5.15. The van der Waals surface area contributed by atoms with Crippen LogP contribution in [-0.2, 0) is 0 Å². The van der Waals surface area contributed by atoms with Gasteiger partial charge in [0, 0.05) is 11.8 Å². The van der Waals surface area contributed by atoms with Crippen molar-refractivity contribution in [1.29, 1.82) is 0 Å². The number of hydrogen-bond donors (Lipinski definition) is 2. The minimum Gasteiger partial charge on any atom is -0.497 e. The molecule has 3 N–H and O–H groups in total. The largest absolute Gasteiger partial charge is 0.497 e. The van der Waals surface area contributed by atoms with Crippen molar-refractivity contribution in [3.63, 3.8) is 0 Å². The van der Waals surface area contributed by atoms with Gasteiger partial charge in [-0.2, -0.15) is 0 Å². The molecule has 0 amide bonds. The van der Waals surface area contributed by atoms with Gasteiger partial charge in [-0.25, -0.2) is 4.39 Å². The molecule has 0 aliphatic carbocycles. The van der Waals surface area contributed by atoms with Crippen molar-refractivity contribution < 1.29 is 9.13 Å². The average Bonchev–Trinajstić information content (AvgIpc) is 2.34. The van der Waals surface area contributed by atoms with Crippen molar-refractivity contribution in [3.8, 4) is 5.75 Å². The van der Waals surface area contributed by atoms with E-state index in [9.17, 15) is 4.39 Å². The fraction of sp³-hybridized carbons (Fsp3) is 0.0769. The molecule has 0 aliphatic heterocycles. The number of nitrogen functional groups attached to an aromatic ring is 1. The standard InChI is InChI=1S/C13H13FN2O/c1-17-11-6-7-13(12(15)8-11)16-10-4-2-9(14)3-5-10/h2-8,16H,15H2,1H3. The Kier molecular flexibility index (Phi) is 3.14. The van der Waals surface area contributed by atoms with E-state index in [4.69, 9.17) is 10.5 Å². The van der Waals surface area contributed by atoms with E-state index < -0.39 is 0 Å². The highest BCUT2D eigenvalue weighted by atomic mass is 19.1. The molecule has 4 heteroatoms. The fourth-order valence-corrected chi connectivity index (χ4v) is 1.47. The van der Waals surface area contributed by atoms with Gasteiger partial charge in [0.1, 0.15) is 11.6 Å². The summed E-state index contributed by atoms with van der Waals surface area (Å²) in [5, 5.41) is 3.10. The van der Waals surface area contributed by atoms with Crippen LogP contribution >= 0.6 is 0 Å². The van der Waals surface area contributed by atoms with Crippen molar-refractivity contribution in [1.82, 2.24) is 0 Å². The van der Waals surface area contributed by atoms with Crippen LogP contribution in [0, 0.1) is 5.82 Å². The van der Waals surface area contributed by atoms with Crippen molar-refractivity contribution in [2.75, 3.05) is 18.2 Å². The van der Waals surface area contributed by atoms with Crippen molar-refractivity contribution >= 4 is 17.1 Å². The number of benzene rings is 2. The number of ether oxygens (including phenoxy) is 1. The van der Waals surface area contributed by atoms with Crippen LogP contribution in [0.3, 0.4) is 0 Å². The molecule has 2 aromatic carbocycles. The zero-order chi connectivity index (χ0) is 12.3. The molecule has 0 unspecified atom stereocenters. The summed E-state index contributed by atoms with van der Waals surface area (Å²) in [4.78, 5) is 0. The molecule has 0 radical (unpaired) electrons. The molecular formula is C13H13FN2O. The zero-order valence-electron chi connectivity index (χ0n) is 9.41. The van der Waals surface area contributed by atoms with Crippen LogP contribution in [0.2, 0.25) is 0 Å². The summed E-state index contributed by atoms with van der Waals surface area (Å²) in [5.41, 5.74) is 7.98. The maximum Gasteiger partial charge on any atom is 0.123 e. The van der Waals surface area contributed by atoms with Crippen molar-refractivity contribution in [3.05, 3.63) is 48.3 Å². The van der Waals surface area contributed by atoms with Gasteiger partial charge in [0.15, 0.2) is 0 Å². The Morgan fingerprint density at radius 1 is 1.12 bits per heavy atom. The van der Waals surface area contributed by atoms with E-state index in [0.717, 1.165) is 11.4 Å². The highest BCUT2D eigenvalue weighted by Gasteiger charge is 2.01. The molecule has 0 atom stereocenters. The first-order valence-electron chi connectivity index (χ1n) is 5.15. The molecule has 2 rings (SSSR count). The molecule has 88 valence electrons. The molecule has 0 fully saturated rings. The van der Waals surface area contributed by atoms with Crippen LogP contribution in [0.15, 0.2) is 42.5 Å². The molecule has 0 saturated carbocycles. The summed E-state index contributed by atoms with van der Waals surface area (Å²) >= 11 is 0. The molecule has 0 bridgehead atoms. The number of halogens is 1.